The highest BCUT2D eigenvalue weighted by molar-refractivity contribution is 7.99. The summed E-state index contributed by atoms with van der Waals surface area (Å²) in [4.78, 5) is 27.2. The first-order chi connectivity index (χ1) is 8.97. The third-order valence-corrected chi connectivity index (χ3v) is 4.44. The van der Waals surface area contributed by atoms with E-state index in [1.807, 2.05) is 13.8 Å². The fourth-order valence-electron chi connectivity index (χ4n) is 1.42. The maximum absolute atomic E-state index is 11.9. The number of carboxylic acids is 1. The van der Waals surface area contributed by atoms with Crippen molar-refractivity contribution >= 4 is 34.0 Å². The van der Waals surface area contributed by atoms with Crippen LogP contribution in [-0.2, 0) is 10.5 Å². The van der Waals surface area contributed by atoms with Crippen LogP contribution in [0.2, 0.25) is 0 Å². The molecule has 19 heavy (non-hydrogen) atoms. The summed E-state index contributed by atoms with van der Waals surface area (Å²) in [6.45, 7) is 4.01. The van der Waals surface area contributed by atoms with E-state index in [0.29, 0.717) is 16.4 Å². The minimum absolute atomic E-state index is 0.000977. The molecule has 0 aromatic carbocycles. The van der Waals surface area contributed by atoms with E-state index in [0.717, 1.165) is 5.01 Å². The molecular formula is C11H13N3O3S2. The Balaban J connectivity index is 2.28. The summed E-state index contributed by atoms with van der Waals surface area (Å²) >= 11 is 2.61. The lowest BCUT2D eigenvalue weighted by atomic mass is 10.2. The molecule has 2 aromatic rings. The molecule has 0 unspecified atom stereocenters. The topological polar surface area (TPSA) is 84.6 Å². The molecule has 8 heteroatoms. The predicted molar refractivity (Wildman–Crippen MR) is 75.0 cm³/mol. The van der Waals surface area contributed by atoms with E-state index in [1.165, 1.54) is 33.7 Å². The van der Waals surface area contributed by atoms with E-state index in [1.54, 1.807) is 0 Å². The first kappa shape index (κ1) is 14.0. The second-order valence-corrected chi connectivity index (χ2v) is 6.23. The highest BCUT2D eigenvalue weighted by Gasteiger charge is 2.11. The average molecular weight is 299 g/mol. The number of rotatable bonds is 5. The van der Waals surface area contributed by atoms with E-state index >= 15 is 0 Å². The Labute approximate surface area is 117 Å². The minimum atomic E-state index is -0.873. The van der Waals surface area contributed by atoms with Crippen molar-refractivity contribution in [1.29, 1.82) is 0 Å². The predicted octanol–water partition coefficient (Wildman–Crippen LogP) is 1.59. The molecule has 2 rings (SSSR count). The minimum Gasteiger partial charge on any atom is -0.481 e. The van der Waals surface area contributed by atoms with Crippen molar-refractivity contribution in [1.82, 2.24) is 14.6 Å². The highest BCUT2D eigenvalue weighted by atomic mass is 32.2. The summed E-state index contributed by atoms with van der Waals surface area (Å²) in [5.41, 5.74) is 0.370. The first-order valence-electron chi connectivity index (χ1n) is 5.66. The number of hydrogen-bond acceptors (Lipinski definition) is 6. The SMILES string of the molecule is CC(C)c1nn2c(=O)cc(CSCC(=O)O)nc2s1. The van der Waals surface area contributed by atoms with Crippen molar-refractivity contribution in [2.75, 3.05) is 5.75 Å². The van der Waals surface area contributed by atoms with Gasteiger partial charge in [0.1, 0.15) is 5.01 Å². The molecule has 0 spiro atoms. The van der Waals surface area contributed by atoms with Crippen LogP contribution >= 0.6 is 23.1 Å². The van der Waals surface area contributed by atoms with Crippen LogP contribution < -0.4 is 5.56 Å². The van der Waals surface area contributed by atoms with Crippen LogP contribution in [0.1, 0.15) is 30.5 Å². The molecule has 0 aliphatic carbocycles. The van der Waals surface area contributed by atoms with Gasteiger partial charge in [0, 0.05) is 17.7 Å². The maximum atomic E-state index is 11.9. The molecule has 0 radical (unpaired) electrons. The quantitative estimate of drug-likeness (QED) is 0.902. The van der Waals surface area contributed by atoms with Crippen molar-refractivity contribution < 1.29 is 9.90 Å². The van der Waals surface area contributed by atoms with Crippen molar-refractivity contribution in [3.05, 3.63) is 27.1 Å². The van der Waals surface area contributed by atoms with Gasteiger partial charge in [-0.1, -0.05) is 25.2 Å². The molecule has 0 aliphatic heterocycles. The van der Waals surface area contributed by atoms with Crippen LogP contribution in [0.15, 0.2) is 10.9 Å². The van der Waals surface area contributed by atoms with Crippen molar-refractivity contribution in [3.8, 4) is 0 Å². The van der Waals surface area contributed by atoms with E-state index < -0.39 is 5.97 Å². The van der Waals surface area contributed by atoms with Gasteiger partial charge >= 0.3 is 5.97 Å². The van der Waals surface area contributed by atoms with Crippen molar-refractivity contribution in [2.45, 2.75) is 25.5 Å². The Morgan fingerprint density at radius 1 is 1.58 bits per heavy atom. The molecule has 0 atom stereocenters. The molecular weight excluding hydrogens is 286 g/mol. The molecule has 2 heterocycles. The van der Waals surface area contributed by atoms with Crippen molar-refractivity contribution in [2.24, 2.45) is 0 Å². The highest BCUT2D eigenvalue weighted by Crippen LogP contribution is 2.20. The molecule has 0 saturated heterocycles. The number of carboxylic acid groups (broad SMARTS) is 1. The first-order valence-corrected chi connectivity index (χ1v) is 7.63. The summed E-state index contributed by atoms with van der Waals surface area (Å²) in [5.74, 6) is -0.216. The number of fused-ring (bicyclic) bond motifs is 1. The van der Waals surface area contributed by atoms with Crippen LogP contribution in [0, 0.1) is 0 Å². The van der Waals surface area contributed by atoms with Gasteiger partial charge in [-0.25, -0.2) is 4.98 Å². The lowest BCUT2D eigenvalue weighted by Crippen LogP contribution is -2.15. The maximum Gasteiger partial charge on any atom is 0.313 e. The lowest BCUT2D eigenvalue weighted by molar-refractivity contribution is -0.133. The summed E-state index contributed by atoms with van der Waals surface area (Å²) in [5, 5.41) is 13.6. The molecule has 0 bridgehead atoms. The number of carbonyl (C=O) groups is 1. The summed E-state index contributed by atoms with van der Waals surface area (Å²) in [6, 6.07) is 1.41. The Bertz CT molecular complexity index is 663. The van der Waals surface area contributed by atoms with Gasteiger partial charge in [-0.05, 0) is 0 Å². The molecule has 102 valence electrons. The fourth-order valence-corrected chi connectivity index (χ4v) is 2.98. The van der Waals surface area contributed by atoms with E-state index in [9.17, 15) is 9.59 Å². The Kier molecular flexibility index (Phi) is 4.20. The van der Waals surface area contributed by atoms with Gasteiger partial charge in [0.15, 0.2) is 0 Å². The number of hydrogen-bond donors (Lipinski definition) is 1. The van der Waals surface area contributed by atoms with Crippen LogP contribution in [0.4, 0.5) is 0 Å². The van der Waals surface area contributed by atoms with Gasteiger partial charge in [0.2, 0.25) is 4.96 Å². The number of aromatic nitrogens is 3. The third kappa shape index (κ3) is 3.32. The fraction of sp³-hybridized carbons (Fsp3) is 0.455. The lowest BCUT2D eigenvalue weighted by Gasteiger charge is -1.98. The average Bonchev–Trinajstić information content (AvgIpc) is 2.73. The Morgan fingerprint density at radius 3 is 2.95 bits per heavy atom. The molecule has 0 saturated carbocycles. The second-order valence-electron chi connectivity index (χ2n) is 4.26. The van der Waals surface area contributed by atoms with Crippen LogP contribution in [-0.4, -0.2) is 31.4 Å². The second kappa shape index (κ2) is 5.70. The summed E-state index contributed by atoms with van der Waals surface area (Å²) in [6.07, 6.45) is 0. The van der Waals surface area contributed by atoms with Crippen LogP contribution in [0.3, 0.4) is 0 Å². The van der Waals surface area contributed by atoms with E-state index in [4.69, 9.17) is 5.11 Å². The zero-order chi connectivity index (χ0) is 14.0. The smallest absolute Gasteiger partial charge is 0.313 e. The van der Waals surface area contributed by atoms with Crippen LogP contribution in [0.5, 0.6) is 0 Å². The van der Waals surface area contributed by atoms with Crippen molar-refractivity contribution in [3.63, 3.8) is 0 Å². The Hall–Kier alpha value is -1.41. The number of nitrogens with zero attached hydrogens (tertiary/aromatic N) is 3. The third-order valence-electron chi connectivity index (χ3n) is 2.28. The monoisotopic (exact) mass is 299 g/mol. The summed E-state index contributed by atoms with van der Waals surface area (Å²) in [7, 11) is 0. The van der Waals surface area contributed by atoms with Gasteiger partial charge in [-0.3, -0.25) is 9.59 Å². The zero-order valence-corrected chi connectivity index (χ0v) is 12.1. The molecule has 1 N–H and O–H groups in total. The number of thioether (sulfide) groups is 1. The van der Waals surface area contributed by atoms with Crippen LogP contribution in [0.25, 0.3) is 4.96 Å². The standard InChI is InChI=1S/C11H13N3O3S2/c1-6(2)10-13-14-8(15)3-7(12-11(14)19-10)4-18-5-9(16)17/h3,6H,4-5H2,1-2H3,(H,16,17). The number of aliphatic carboxylic acids is 1. The van der Waals surface area contributed by atoms with Gasteiger partial charge in [-0.2, -0.15) is 9.61 Å². The van der Waals surface area contributed by atoms with Gasteiger partial charge in [0.25, 0.3) is 5.56 Å². The largest absolute Gasteiger partial charge is 0.481 e. The molecule has 2 aromatic heterocycles. The molecule has 0 aliphatic rings. The molecule has 0 amide bonds. The zero-order valence-electron chi connectivity index (χ0n) is 10.5. The molecule has 6 nitrogen and oxygen atoms in total. The normalized spacial score (nSPS) is 11.3. The molecule has 0 fully saturated rings. The van der Waals surface area contributed by atoms with Gasteiger partial charge in [0.05, 0.1) is 11.4 Å². The Morgan fingerprint density at radius 2 is 2.32 bits per heavy atom. The van der Waals surface area contributed by atoms with E-state index in [-0.39, 0.29) is 17.2 Å². The van der Waals surface area contributed by atoms with Gasteiger partial charge < -0.3 is 5.11 Å². The van der Waals surface area contributed by atoms with Gasteiger partial charge in [-0.15, -0.1) is 11.8 Å². The summed E-state index contributed by atoms with van der Waals surface area (Å²) < 4.78 is 1.30. The van der Waals surface area contributed by atoms with E-state index in [2.05, 4.69) is 10.1 Å².